The first-order chi connectivity index (χ1) is 14.6. The lowest BCUT2D eigenvalue weighted by atomic mass is 9.69. The minimum absolute atomic E-state index is 0.192. The molecular weight excluding hydrogens is 385 g/mol. The van der Waals surface area contributed by atoms with Crippen molar-refractivity contribution in [2.24, 2.45) is 11.3 Å². The Bertz CT molecular complexity index is 944. The summed E-state index contributed by atoms with van der Waals surface area (Å²) in [4.78, 5) is 12.1. The van der Waals surface area contributed by atoms with Crippen molar-refractivity contribution in [1.29, 1.82) is 0 Å². The molecule has 3 heteroatoms. The van der Waals surface area contributed by atoms with Crippen molar-refractivity contribution in [1.82, 2.24) is 5.32 Å². The molecule has 0 aliphatic heterocycles. The second-order valence-corrected chi connectivity index (χ2v) is 9.26. The summed E-state index contributed by atoms with van der Waals surface area (Å²) in [7, 11) is 0. The van der Waals surface area contributed by atoms with E-state index in [1.54, 1.807) is 18.2 Å². The summed E-state index contributed by atoms with van der Waals surface area (Å²) in [5.41, 5.74) is 5.93. The van der Waals surface area contributed by atoms with Crippen molar-refractivity contribution in [3.05, 3.63) is 94.4 Å². The van der Waals surface area contributed by atoms with Gasteiger partial charge in [-0.05, 0) is 73.8 Å². The van der Waals surface area contributed by atoms with Gasteiger partial charge in [0.05, 0.1) is 0 Å². The third-order valence-electron chi connectivity index (χ3n) is 6.04. The zero-order chi connectivity index (χ0) is 23.0. The molecule has 1 aliphatic carbocycles. The summed E-state index contributed by atoms with van der Waals surface area (Å²) in [5.74, 6) is 0.158. The molecule has 1 aliphatic rings. The van der Waals surface area contributed by atoms with Crippen molar-refractivity contribution in [2.75, 3.05) is 0 Å². The van der Waals surface area contributed by atoms with Crippen LogP contribution in [0, 0.1) is 17.2 Å². The first-order valence-electron chi connectivity index (χ1n) is 11.0. The Morgan fingerprint density at radius 1 is 1.23 bits per heavy atom. The number of hydrogen-bond donors (Lipinski definition) is 1. The zero-order valence-corrected chi connectivity index (χ0v) is 19.8. The highest BCUT2D eigenvalue weighted by Crippen LogP contribution is 2.43. The lowest BCUT2D eigenvalue weighted by molar-refractivity contribution is -0.116. The van der Waals surface area contributed by atoms with Crippen LogP contribution < -0.4 is 5.32 Å². The quantitative estimate of drug-likeness (QED) is 0.365. The van der Waals surface area contributed by atoms with Crippen molar-refractivity contribution in [3.8, 4) is 0 Å². The monoisotopic (exact) mass is 421 g/mol. The number of nitrogens with one attached hydrogen (secondary N) is 1. The molecule has 1 unspecified atom stereocenters. The van der Waals surface area contributed by atoms with Crippen LogP contribution in [0.2, 0.25) is 0 Å². The number of hydrogen-bond acceptors (Lipinski definition) is 1. The fourth-order valence-electron chi connectivity index (χ4n) is 3.85. The van der Waals surface area contributed by atoms with Crippen LogP contribution in [0.25, 0.3) is 0 Å². The maximum atomic E-state index is 13.2. The normalized spacial score (nSPS) is 20.0. The molecule has 0 aromatic heterocycles. The van der Waals surface area contributed by atoms with Gasteiger partial charge < -0.3 is 5.32 Å². The molecule has 166 valence electrons. The Hall–Kier alpha value is -2.68. The highest BCUT2D eigenvalue weighted by atomic mass is 19.1. The number of carbonyl (C=O) groups excluding carboxylic acids is 1. The van der Waals surface area contributed by atoms with E-state index in [9.17, 15) is 9.18 Å². The van der Waals surface area contributed by atoms with Crippen LogP contribution in [0.5, 0.6) is 0 Å². The minimum atomic E-state index is -0.300. The largest absolute Gasteiger partial charge is 0.348 e. The molecule has 0 fully saturated rings. The van der Waals surface area contributed by atoms with Crippen LogP contribution in [0.4, 0.5) is 4.39 Å². The maximum absolute atomic E-state index is 13.2. The van der Waals surface area contributed by atoms with Crippen LogP contribution >= 0.6 is 0 Å². The molecule has 1 amide bonds. The predicted molar refractivity (Wildman–Crippen MR) is 129 cm³/mol. The third kappa shape index (κ3) is 7.82. The zero-order valence-electron chi connectivity index (χ0n) is 19.8. The highest BCUT2D eigenvalue weighted by Gasteiger charge is 2.29. The summed E-state index contributed by atoms with van der Waals surface area (Å²) >= 11 is 0. The third-order valence-corrected chi connectivity index (χ3v) is 6.04. The van der Waals surface area contributed by atoms with Crippen LogP contribution in [0.3, 0.4) is 0 Å². The van der Waals surface area contributed by atoms with E-state index in [1.807, 2.05) is 25.2 Å². The molecule has 0 spiro atoms. The molecule has 0 saturated carbocycles. The summed E-state index contributed by atoms with van der Waals surface area (Å²) in [6.07, 6.45) is 14.4. The van der Waals surface area contributed by atoms with Crippen molar-refractivity contribution < 1.29 is 9.18 Å². The number of rotatable bonds is 7. The van der Waals surface area contributed by atoms with Gasteiger partial charge in [0.25, 0.3) is 0 Å². The van der Waals surface area contributed by atoms with Gasteiger partial charge >= 0.3 is 0 Å². The first kappa shape index (κ1) is 24.6. The van der Waals surface area contributed by atoms with E-state index in [0.29, 0.717) is 12.5 Å². The lowest BCUT2D eigenvalue weighted by Crippen LogP contribution is -2.23. The molecule has 2 nitrogen and oxygen atoms in total. The number of halogens is 1. The Labute approximate surface area is 187 Å². The van der Waals surface area contributed by atoms with E-state index in [2.05, 4.69) is 52.1 Å². The molecule has 1 aromatic carbocycles. The molecule has 1 N–H and O–H groups in total. The molecule has 1 aromatic rings. The van der Waals surface area contributed by atoms with Crippen molar-refractivity contribution in [3.63, 3.8) is 0 Å². The Morgan fingerprint density at radius 2 is 1.97 bits per heavy atom. The van der Waals surface area contributed by atoms with Gasteiger partial charge in [0, 0.05) is 12.6 Å². The average Bonchev–Trinajstić information content (AvgIpc) is 2.69. The Morgan fingerprint density at radius 3 is 2.68 bits per heavy atom. The van der Waals surface area contributed by atoms with E-state index >= 15 is 0 Å². The molecule has 1 atom stereocenters. The Kier molecular flexibility index (Phi) is 8.79. The van der Waals surface area contributed by atoms with Crippen LogP contribution in [0.1, 0.15) is 59.9 Å². The number of amides is 1. The molecule has 2 rings (SSSR count). The topological polar surface area (TPSA) is 29.1 Å². The molecule has 0 radical (unpaired) electrons. The van der Waals surface area contributed by atoms with Gasteiger partial charge in [-0.3, -0.25) is 4.79 Å². The van der Waals surface area contributed by atoms with Gasteiger partial charge in [-0.2, -0.15) is 0 Å². The summed E-state index contributed by atoms with van der Waals surface area (Å²) in [5, 5.41) is 2.78. The van der Waals surface area contributed by atoms with Crippen molar-refractivity contribution in [2.45, 2.75) is 60.9 Å². The van der Waals surface area contributed by atoms with Gasteiger partial charge in [-0.15, -0.1) is 0 Å². The van der Waals surface area contributed by atoms with Gasteiger partial charge in [-0.1, -0.05) is 74.4 Å². The molecule has 0 bridgehead atoms. The van der Waals surface area contributed by atoms with Crippen LogP contribution in [-0.2, 0) is 11.3 Å². The van der Waals surface area contributed by atoms with Crippen LogP contribution in [-0.4, -0.2) is 5.91 Å². The van der Waals surface area contributed by atoms with Gasteiger partial charge in [0.15, 0.2) is 0 Å². The smallest absolute Gasteiger partial charge is 0.244 e. The number of allylic oxidation sites excluding steroid dienone is 9. The van der Waals surface area contributed by atoms with E-state index in [0.717, 1.165) is 16.7 Å². The van der Waals surface area contributed by atoms with E-state index in [4.69, 9.17) is 0 Å². The molecule has 0 heterocycles. The van der Waals surface area contributed by atoms with Crippen molar-refractivity contribution >= 4 is 5.91 Å². The standard InChI is InChI=1S/C28H36FNO/c1-20(13-14-26-23(4)22(3)15-16-28(26,5)6)9-7-10-21(2)17-27(31)30-19-24-11-8-12-25(29)18-24/h7-14,17-18,22H,15-16,19H2,1-6H3,(H,30,31)/b10-7+,14-13+,20-9+,21-17-. The number of carbonyl (C=O) groups is 1. The summed E-state index contributed by atoms with van der Waals surface area (Å²) in [6, 6.07) is 6.23. The second kappa shape index (κ2) is 11.1. The Balaban J connectivity index is 1.94. The predicted octanol–water partition coefficient (Wildman–Crippen LogP) is 7.22. The lowest BCUT2D eigenvalue weighted by Gasteiger charge is -2.36. The van der Waals surface area contributed by atoms with E-state index < -0.39 is 0 Å². The first-order valence-corrected chi connectivity index (χ1v) is 11.0. The number of benzene rings is 1. The molecular formula is C28H36FNO. The molecule has 31 heavy (non-hydrogen) atoms. The molecule has 0 saturated heterocycles. The fraction of sp³-hybridized carbons (Fsp3) is 0.393. The van der Waals surface area contributed by atoms with Gasteiger partial charge in [0.2, 0.25) is 5.91 Å². The van der Waals surface area contributed by atoms with Crippen LogP contribution in [0.15, 0.2) is 83.0 Å². The summed E-state index contributed by atoms with van der Waals surface area (Å²) in [6.45, 7) is 13.5. The maximum Gasteiger partial charge on any atom is 0.244 e. The van der Waals surface area contributed by atoms with E-state index in [-0.39, 0.29) is 17.1 Å². The second-order valence-electron chi connectivity index (χ2n) is 9.26. The highest BCUT2D eigenvalue weighted by molar-refractivity contribution is 5.88. The minimum Gasteiger partial charge on any atom is -0.348 e. The average molecular weight is 422 g/mol. The summed E-state index contributed by atoms with van der Waals surface area (Å²) < 4.78 is 13.2. The van der Waals surface area contributed by atoms with Gasteiger partial charge in [-0.25, -0.2) is 4.39 Å². The fourth-order valence-corrected chi connectivity index (χ4v) is 3.85. The van der Waals surface area contributed by atoms with Gasteiger partial charge in [0.1, 0.15) is 5.82 Å². The SMILES string of the molecule is CC1=C(/C=C/C(C)=C/C=C/C(C)=C\C(=O)NCc2cccc(F)c2)C(C)(C)CCC1C. The van der Waals surface area contributed by atoms with E-state index in [1.165, 1.54) is 36.1 Å².